The van der Waals surface area contributed by atoms with Crippen LogP contribution in [-0.4, -0.2) is 0 Å². The lowest BCUT2D eigenvalue weighted by Gasteiger charge is -2.30. The summed E-state index contributed by atoms with van der Waals surface area (Å²) < 4.78 is 391. The van der Waals surface area contributed by atoms with Crippen molar-refractivity contribution in [1.82, 2.24) is 0 Å². The SMILES string of the molecule is [2H]c1c(N(c2c([2H])c([2H])c(-c3c([2H])c([2H])c4c(oc5c6c([2H])c([2H])c([2H])c([2H])c6c(-c6c([2H])c([2H])c([2H])c([2H])c6[2H])c([2H])c54)c3[2H])c([2H])c2[2H])c2c([2H])c([2H])c3c(c2[2H])C(C([2H])([2H])[2H])(C([2H])([2H])[2H])c2c([2H])c([2H])c([2H])c([2H])c2-3)cc2c(c1[2H])-c1c([2H])c([2H])c([2H])c([2H])c1C2(C([2H])([2H])[2H])C([2H])([2H])[2H]. The summed E-state index contributed by atoms with van der Waals surface area (Å²) in [5.74, 6) is 0. The molecule has 0 saturated heterocycles. The molecule has 0 N–H and O–H groups in total. The maximum atomic E-state index is 10.2. The first-order valence-electron chi connectivity index (χ1n) is 38.7. The Morgan fingerprint density at radius 2 is 0.983 bits per heavy atom. The van der Waals surface area contributed by atoms with E-state index in [0.717, 1.165) is 0 Å². The Labute approximate surface area is 410 Å². The van der Waals surface area contributed by atoms with Gasteiger partial charge in [-0.1, -0.05) is 160 Å². The summed E-state index contributed by atoms with van der Waals surface area (Å²) in [6, 6.07) is -35.6. The highest BCUT2D eigenvalue weighted by Gasteiger charge is 2.37. The number of hydrogen-bond donors (Lipinski definition) is 0. The van der Waals surface area contributed by atoms with E-state index in [0.29, 0.717) is 6.07 Å². The molecule has 12 rings (SSSR count). The first-order chi connectivity index (χ1) is 46.8. The lowest BCUT2D eigenvalue weighted by molar-refractivity contribution is 0.660. The van der Waals surface area contributed by atoms with E-state index in [9.17, 15) is 17.8 Å². The summed E-state index contributed by atoms with van der Waals surface area (Å²) in [5, 5.41) is -2.70. The van der Waals surface area contributed by atoms with Gasteiger partial charge in [0.25, 0.3) is 0 Å². The smallest absolute Gasteiger partial charge is 0.143 e. The molecule has 2 aliphatic rings. The average Bonchev–Trinajstić information content (AvgIpc) is 1.50. The number of fused-ring (bicyclic) bond motifs is 11. The molecular formula is C58H43NO. The Morgan fingerprint density at radius 1 is 0.400 bits per heavy atom. The van der Waals surface area contributed by atoms with Crippen molar-refractivity contribution < 1.29 is 62.0 Å². The molecule has 0 fully saturated rings. The van der Waals surface area contributed by atoms with Crippen LogP contribution < -0.4 is 4.90 Å². The highest BCUT2D eigenvalue weighted by Crippen LogP contribution is 2.53. The van der Waals surface area contributed by atoms with Crippen molar-refractivity contribution >= 4 is 49.8 Å². The van der Waals surface area contributed by atoms with Crippen molar-refractivity contribution in [2.75, 3.05) is 4.90 Å². The molecule has 0 bridgehead atoms. The molecule has 0 radical (unpaired) electrons. The van der Waals surface area contributed by atoms with Gasteiger partial charge in [-0.25, -0.2) is 0 Å². The lowest BCUT2D eigenvalue weighted by atomic mass is 9.82. The maximum Gasteiger partial charge on any atom is 0.143 e. The van der Waals surface area contributed by atoms with Crippen molar-refractivity contribution in [2.45, 2.75) is 38.2 Å². The summed E-state index contributed by atoms with van der Waals surface area (Å²) in [7, 11) is 0. The van der Waals surface area contributed by atoms with Crippen molar-refractivity contribution in [3.8, 4) is 44.5 Å². The van der Waals surface area contributed by atoms with Gasteiger partial charge in [0.2, 0.25) is 0 Å². The number of rotatable bonds is 5. The van der Waals surface area contributed by atoms with Crippen molar-refractivity contribution in [1.29, 1.82) is 0 Å². The van der Waals surface area contributed by atoms with Gasteiger partial charge in [0.15, 0.2) is 0 Å². The van der Waals surface area contributed by atoms with Gasteiger partial charge in [0.05, 0.1) is 41.1 Å². The van der Waals surface area contributed by atoms with Crippen LogP contribution in [0.2, 0.25) is 0 Å². The van der Waals surface area contributed by atoms with Crippen LogP contribution in [0.25, 0.3) is 77.2 Å². The van der Waals surface area contributed by atoms with Crippen LogP contribution in [-0.2, 0) is 10.8 Å². The molecule has 0 aliphatic heterocycles. The Hall–Kier alpha value is -7.16. The highest BCUT2D eigenvalue weighted by molar-refractivity contribution is 6.19. The second-order valence-corrected chi connectivity index (χ2v) is 13.6. The van der Waals surface area contributed by atoms with E-state index >= 15 is 0 Å². The second kappa shape index (κ2) is 12.7. The fraction of sp³-hybridized carbons (Fsp3) is 0.103. The van der Waals surface area contributed by atoms with Crippen LogP contribution >= 0.6 is 0 Å². The third-order valence-corrected chi connectivity index (χ3v) is 10.2. The normalized spacial score (nSPS) is 25.1. The largest absolute Gasteiger partial charge is 0.455 e. The lowest BCUT2D eigenvalue weighted by Crippen LogP contribution is -2.18. The second-order valence-electron chi connectivity index (χ2n) is 13.6. The van der Waals surface area contributed by atoms with Crippen LogP contribution in [0, 0.1) is 0 Å². The standard InChI is InChI=1S/C58H43NO/c1-57(2)51-20-12-10-17-43(51)45-30-27-40(33-53(45)57)59(41-28-31-46-44-18-11-13-21-52(44)58(3,4)54(46)34-41)39-25-22-36(23-26-39)38-24-29-47-50-35-49(37-14-6-5-7-15-37)42-16-8-9-19-48(42)56(50)60-55(47)32-38/h5-35H,1-4H3/i1D3,2D3,3D3,4D3,5D,6D,7D,8D,9D,10D,11D,12D,13D,14D,15D,16D,17D,18D,19D,20D,21D,22D,23D,24D,25D,26D,27D,28D,29D,30D,31D,32D,33D,35D. The molecule has 286 valence electrons. The molecule has 9 aromatic carbocycles. The molecule has 2 heteroatoms. The first kappa shape index (κ1) is 12.7. The van der Waals surface area contributed by atoms with Crippen LogP contribution in [0.5, 0.6) is 0 Å². The van der Waals surface area contributed by atoms with Crippen LogP contribution in [0.15, 0.2) is 192 Å². The summed E-state index contributed by atoms with van der Waals surface area (Å²) in [6.45, 7) is -16.4. The molecule has 60 heavy (non-hydrogen) atoms. The fourth-order valence-corrected chi connectivity index (χ4v) is 7.50. The van der Waals surface area contributed by atoms with Gasteiger partial charge in [-0.3, -0.25) is 0 Å². The molecule has 1 aromatic heterocycles. The number of anilines is 3. The summed E-state index contributed by atoms with van der Waals surface area (Å²) in [4.78, 5) is 0.120. The van der Waals surface area contributed by atoms with Gasteiger partial charge in [0.1, 0.15) is 11.2 Å². The van der Waals surface area contributed by atoms with E-state index in [4.69, 9.17) is 44.2 Å². The van der Waals surface area contributed by atoms with Crippen LogP contribution in [0.4, 0.5) is 17.1 Å². The van der Waals surface area contributed by atoms with Gasteiger partial charge >= 0.3 is 0 Å². The zero-order valence-electron chi connectivity index (χ0n) is 71.9. The minimum Gasteiger partial charge on any atom is -0.455 e. The van der Waals surface area contributed by atoms with Gasteiger partial charge in [-0.2, -0.15) is 0 Å². The minimum atomic E-state index is -4.13. The Bertz CT molecular complexity index is 5510. The van der Waals surface area contributed by atoms with E-state index in [1.165, 1.54) is 0 Å². The van der Waals surface area contributed by atoms with Crippen molar-refractivity contribution in [2.24, 2.45) is 0 Å². The van der Waals surface area contributed by atoms with Crippen LogP contribution in [0.3, 0.4) is 0 Å². The molecule has 2 nitrogen and oxygen atoms in total. The Morgan fingerprint density at radius 3 is 1.72 bits per heavy atom. The van der Waals surface area contributed by atoms with E-state index in [2.05, 4.69) is 0 Å². The molecule has 0 atom stereocenters. The minimum absolute atomic E-state index is 0.120. The first-order valence-corrected chi connectivity index (χ1v) is 17.7. The predicted octanol–water partition coefficient (Wildman–Crippen LogP) is 16.2. The van der Waals surface area contributed by atoms with Gasteiger partial charge in [-0.15, -0.1) is 0 Å². The van der Waals surface area contributed by atoms with E-state index < -0.39 is 336 Å². The van der Waals surface area contributed by atoms with Gasteiger partial charge in [0, 0.05) is 60.5 Å². The molecular weight excluding hydrogens is 727 g/mol. The molecule has 10 aromatic rings. The Balaban J connectivity index is 1.26. The van der Waals surface area contributed by atoms with E-state index in [1.54, 1.807) is 0 Å². The summed E-state index contributed by atoms with van der Waals surface area (Å²) in [5.41, 5.74) is -26.4. The zero-order valence-corrected chi connectivity index (χ0v) is 29.9. The highest BCUT2D eigenvalue weighted by atomic mass is 16.3. The zero-order chi connectivity index (χ0) is 76.4. The monoisotopic (exact) mass is 812 g/mol. The molecule has 2 aliphatic carbocycles. The number of hydrogen-bond acceptors (Lipinski definition) is 2. The quantitative estimate of drug-likeness (QED) is 0.172. The maximum absolute atomic E-state index is 10.2. The summed E-state index contributed by atoms with van der Waals surface area (Å²) >= 11 is 0. The molecule has 0 amide bonds. The molecule has 0 unspecified atom stereocenters. The predicted molar refractivity (Wildman–Crippen MR) is 252 cm³/mol. The van der Waals surface area contributed by atoms with Gasteiger partial charge < -0.3 is 9.32 Å². The number of benzene rings is 9. The topological polar surface area (TPSA) is 16.4 Å². The molecule has 1 heterocycles. The number of nitrogens with zero attached hydrogens (tertiary/aromatic N) is 1. The Kier molecular flexibility index (Phi) is 2.68. The van der Waals surface area contributed by atoms with Gasteiger partial charge in [-0.05, 0) is 127 Å². The molecule has 0 spiro atoms. The van der Waals surface area contributed by atoms with E-state index in [1.807, 2.05) is 0 Å². The third-order valence-electron chi connectivity index (χ3n) is 10.2. The third kappa shape index (κ3) is 5.01. The molecule has 0 saturated carbocycles. The number of furan rings is 1. The van der Waals surface area contributed by atoms with Crippen molar-refractivity contribution in [3.05, 3.63) is 210 Å². The fourth-order valence-electron chi connectivity index (χ4n) is 7.50. The van der Waals surface area contributed by atoms with Crippen LogP contribution in [0.1, 0.15) is 107 Å². The average molecular weight is 812 g/mol. The van der Waals surface area contributed by atoms with E-state index in [-0.39, 0.29) is 4.90 Å². The summed E-state index contributed by atoms with van der Waals surface area (Å²) in [6.07, 6.45) is 0. The van der Waals surface area contributed by atoms with Crippen molar-refractivity contribution in [3.63, 3.8) is 0 Å².